The normalized spacial score (nSPS) is 34.8. The first-order valence-electron chi connectivity index (χ1n) is 7.37. The molecule has 4 heteroatoms. The highest BCUT2D eigenvalue weighted by molar-refractivity contribution is 5.79. The largest absolute Gasteiger partial charge is 0.467 e. The number of esters is 1. The molecule has 4 nitrogen and oxygen atoms in total. The van der Waals surface area contributed by atoms with Gasteiger partial charge in [0.05, 0.1) is 18.8 Å². The summed E-state index contributed by atoms with van der Waals surface area (Å²) in [5, 5.41) is 0. The Morgan fingerprint density at radius 3 is 2.50 bits per heavy atom. The van der Waals surface area contributed by atoms with Crippen molar-refractivity contribution in [2.75, 3.05) is 7.11 Å². The van der Waals surface area contributed by atoms with Gasteiger partial charge in [-0.15, -0.1) is 0 Å². The lowest BCUT2D eigenvalue weighted by Gasteiger charge is -2.05. The molecule has 114 valence electrons. The fourth-order valence-electron chi connectivity index (χ4n) is 2.63. The quantitative estimate of drug-likeness (QED) is 0.409. The van der Waals surface area contributed by atoms with Crippen LogP contribution in [0.1, 0.15) is 53.4 Å². The van der Waals surface area contributed by atoms with Crippen LogP contribution in [-0.4, -0.2) is 36.5 Å². The Balaban J connectivity index is 1.65. The van der Waals surface area contributed by atoms with Crippen LogP contribution in [0.4, 0.5) is 0 Å². The lowest BCUT2D eigenvalue weighted by molar-refractivity contribution is -0.142. The Hall–Kier alpha value is -0.870. The van der Waals surface area contributed by atoms with Crippen LogP contribution >= 0.6 is 0 Å². The van der Waals surface area contributed by atoms with Crippen LogP contribution in [0.2, 0.25) is 0 Å². The van der Waals surface area contributed by atoms with E-state index in [1.165, 1.54) is 12.7 Å². The molecule has 20 heavy (non-hydrogen) atoms. The fourth-order valence-corrected chi connectivity index (χ4v) is 2.63. The summed E-state index contributed by atoms with van der Waals surface area (Å²) in [6.07, 6.45) is 6.25. The zero-order valence-corrected chi connectivity index (χ0v) is 13.2. The third kappa shape index (κ3) is 3.61. The van der Waals surface area contributed by atoms with E-state index in [2.05, 4.69) is 26.8 Å². The molecule has 0 aromatic heterocycles. The maximum Gasteiger partial charge on any atom is 0.338 e. The molecule has 0 radical (unpaired) electrons. The van der Waals surface area contributed by atoms with Gasteiger partial charge < -0.3 is 14.2 Å². The van der Waals surface area contributed by atoms with Gasteiger partial charge >= 0.3 is 5.97 Å². The third-order valence-corrected chi connectivity index (χ3v) is 4.40. The van der Waals surface area contributed by atoms with Gasteiger partial charge in [0.25, 0.3) is 0 Å². The minimum atomic E-state index is -0.373. The van der Waals surface area contributed by atoms with E-state index in [1.807, 2.05) is 6.92 Å². The maximum absolute atomic E-state index is 11.4. The molecule has 3 atom stereocenters. The van der Waals surface area contributed by atoms with Crippen molar-refractivity contribution in [3.8, 4) is 0 Å². The van der Waals surface area contributed by atoms with Gasteiger partial charge in [-0.1, -0.05) is 11.6 Å². The number of ether oxygens (including phenoxy) is 3. The molecular weight excluding hydrogens is 256 g/mol. The molecule has 0 aliphatic carbocycles. The topological polar surface area (TPSA) is 51.4 Å². The highest BCUT2D eigenvalue weighted by Gasteiger charge is 2.57. The van der Waals surface area contributed by atoms with Gasteiger partial charge in [-0.3, -0.25) is 0 Å². The summed E-state index contributed by atoms with van der Waals surface area (Å²) >= 11 is 0. The smallest absolute Gasteiger partial charge is 0.338 e. The Morgan fingerprint density at radius 1 is 1.30 bits per heavy atom. The van der Waals surface area contributed by atoms with Crippen molar-refractivity contribution in [3.63, 3.8) is 0 Å². The molecule has 2 saturated heterocycles. The van der Waals surface area contributed by atoms with Crippen LogP contribution < -0.4 is 0 Å². The first-order valence-corrected chi connectivity index (χ1v) is 7.37. The van der Waals surface area contributed by atoms with Crippen molar-refractivity contribution >= 4 is 5.97 Å². The number of allylic oxidation sites excluding steroid dienone is 2. The number of carbonyl (C=O) groups is 1. The summed E-state index contributed by atoms with van der Waals surface area (Å²) in [6, 6.07) is 0. The van der Waals surface area contributed by atoms with E-state index < -0.39 is 0 Å². The summed E-state index contributed by atoms with van der Waals surface area (Å²) in [5.41, 5.74) is 1.14. The standard InChI is InChI=1S/C16H26O4/c1-11(8-9-12-15(2,3)19-12)7-6-10-16(4)13(20-16)14(17)18-5/h7,12-13H,6,8-10H2,1-5H3/b11-7+/t12-,13-,16-/m1/s1. The lowest BCUT2D eigenvalue weighted by Crippen LogP contribution is -2.18. The molecule has 2 rings (SSSR count). The first-order chi connectivity index (χ1) is 9.28. The molecule has 2 heterocycles. The molecule has 0 unspecified atom stereocenters. The van der Waals surface area contributed by atoms with Crippen LogP contribution in [-0.2, 0) is 19.0 Å². The molecule has 2 aliphatic heterocycles. The summed E-state index contributed by atoms with van der Waals surface area (Å²) in [4.78, 5) is 11.4. The number of carbonyl (C=O) groups excluding carboxylic acids is 1. The van der Waals surface area contributed by atoms with Crippen LogP contribution in [0.3, 0.4) is 0 Å². The summed E-state index contributed by atoms with van der Waals surface area (Å²) in [7, 11) is 1.40. The summed E-state index contributed by atoms with van der Waals surface area (Å²) in [6.45, 7) is 8.39. The van der Waals surface area contributed by atoms with E-state index >= 15 is 0 Å². The van der Waals surface area contributed by atoms with Gasteiger partial charge in [0.2, 0.25) is 0 Å². The van der Waals surface area contributed by atoms with Gasteiger partial charge in [-0.05, 0) is 53.4 Å². The number of hydrogen-bond acceptors (Lipinski definition) is 4. The van der Waals surface area contributed by atoms with Crippen LogP contribution in [0.25, 0.3) is 0 Å². The van der Waals surface area contributed by atoms with Crippen LogP contribution in [0, 0.1) is 0 Å². The van der Waals surface area contributed by atoms with Gasteiger partial charge in [0.15, 0.2) is 6.10 Å². The molecule has 2 fully saturated rings. The second-order valence-corrected chi connectivity index (χ2v) is 6.67. The third-order valence-electron chi connectivity index (χ3n) is 4.40. The number of methoxy groups -OCH3 is 1. The Morgan fingerprint density at radius 2 is 1.95 bits per heavy atom. The zero-order chi connectivity index (χ0) is 15.0. The number of rotatable bonds is 7. The highest BCUT2D eigenvalue weighted by atomic mass is 16.6. The van der Waals surface area contributed by atoms with Crippen molar-refractivity contribution < 1.29 is 19.0 Å². The first kappa shape index (κ1) is 15.5. The van der Waals surface area contributed by atoms with Gasteiger partial charge in [0.1, 0.15) is 5.60 Å². The number of hydrogen-bond donors (Lipinski definition) is 0. The monoisotopic (exact) mass is 282 g/mol. The SMILES string of the molecule is COC(=O)[C@H]1O[C@]1(C)CC/C=C(\C)CC[C@H]1OC1(C)C. The van der Waals surface area contributed by atoms with Crippen molar-refractivity contribution in [1.82, 2.24) is 0 Å². The highest BCUT2D eigenvalue weighted by Crippen LogP contribution is 2.41. The van der Waals surface area contributed by atoms with E-state index in [4.69, 9.17) is 14.2 Å². The zero-order valence-electron chi connectivity index (χ0n) is 13.2. The Bertz CT molecular complexity index is 413. The van der Waals surface area contributed by atoms with Crippen molar-refractivity contribution in [2.24, 2.45) is 0 Å². The predicted octanol–water partition coefficient (Wildman–Crippen LogP) is 3.00. The van der Waals surface area contributed by atoms with E-state index in [1.54, 1.807) is 0 Å². The van der Waals surface area contributed by atoms with Gasteiger partial charge in [-0.2, -0.15) is 0 Å². The van der Waals surface area contributed by atoms with Crippen molar-refractivity contribution in [2.45, 2.75) is 76.8 Å². The van der Waals surface area contributed by atoms with E-state index in [0.717, 1.165) is 25.7 Å². The molecule has 0 N–H and O–H groups in total. The predicted molar refractivity (Wildman–Crippen MR) is 76.5 cm³/mol. The molecule has 0 aromatic carbocycles. The van der Waals surface area contributed by atoms with Crippen LogP contribution in [0.15, 0.2) is 11.6 Å². The average Bonchev–Trinajstić information content (AvgIpc) is 3.22. The van der Waals surface area contributed by atoms with E-state index in [9.17, 15) is 4.79 Å². The van der Waals surface area contributed by atoms with Crippen molar-refractivity contribution in [1.29, 1.82) is 0 Å². The average molecular weight is 282 g/mol. The minimum Gasteiger partial charge on any atom is -0.467 e. The van der Waals surface area contributed by atoms with Crippen LogP contribution in [0.5, 0.6) is 0 Å². The molecule has 0 bridgehead atoms. The van der Waals surface area contributed by atoms with E-state index in [-0.39, 0.29) is 23.3 Å². The Kier molecular flexibility index (Phi) is 4.26. The second-order valence-electron chi connectivity index (χ2n) is 6.67. The molecule has 0 spiro atoms. The molecule has 0 aromatic rings. The van der Waals surface area contributed by atoms with E-state index in [0.29, 0.717) is 6.10 Å². The van der Waals surface area contributed by atoms with Gasteiger partial charge in [-0.25, -0.2) is 4.79 Å². The summed E-state index contributed by atoms with van der Waals surface area (Å²) < 4.78 is 15.7. The molecular formula is C16H26O4. The van der Waals surface area contributed by atoms with Crippen molar-refractivity contribution in [3.05, 3.63) is 11.6 Å². The molecule has 0 saturated carbocycles. The maximum atomic E-state index is 11.4. The minimum absolute atomic E-state index is 0.0867. The summed E-state index contributed by atoms with van der Waals surface area (Å²) in [5.74, 6) is -0.263. The lowest BCUT2D eigenvalue weighted by atomic mass is 9.99. The number of epoxide rings is 2. The molecule has 0 amide bonds. The van der Waals surface area contributed by atoms with Gasteiger partial charge in [0, 0.05) is 0 Å². The fraction of sp³-hybridized carbons (Fsp3) is 0.812. The second kappa shape index (κ2) is 5.49. The Labute approximate surface area is 121 Å². The molecule has 2 aliphatic rings.